The molecule has 3 nitrogen and oxygen atoms in total. The second kappa shape index (κ2) is 5.68. The second-order valence-corrected chi connectivity index (χ2v) is 5.61. The summed E-state index contributed by atoms with van der Waals surface area (Å²) < 4.78 is 0. The van der Waals surface area contributed by atoms with E-state index in [0.717, 1.165) is 22.6 Å². The number of hydrogen-bond acceptors (Lipinski definition) is 1. The summed E-state index contributed by atoms with van der Waals surface area (Å²) in [7, 11) is 0. The van der Waals surface area contributed by atoms with Crippen molar-refractivity contribution in [3.8, 4) is 5.75 Å². The number of nitrogens with one attached hydrogen (secondary N) is 1. The summed E-state index contributed by atoms with van der Waals surface area (Å²) in [6.45, 7) is 3.92. The standard InChI is InChI=1S/C19H18NO2/c1-3-12(2)20-19(22)17-11-10-15-14-7-5-4-6-13(14)8-9-16(15)18(17)21/h4-12H,3H2,1-2H3,(H,20,22). The van der Waals surface area contributed by atoms with Gasteiger partial charge in [0.25, 0.3) is 5.91 Å². The van der Waals surface area contributed by atoms with Crippen molar-refractivity contribution in [2.24, 2.45) is 0 Å². The fraction of sp³-hybridized carbons (Fsp3) is 0.211. The van der Waals surface area contributed by atoms with Crippen LogP contribution in [0.15, 0.2) is 48.5 Å². The smallest absolute Gasteiger partial charge is 0.255 e. The molecule has 1 N–H and O–H groups in total. The Labute approximate surface area is 129 Å². The van der Waals surface area contributed by atoms with Crippen LogP contribution < -0.4 is 5.32 Å². The van der Waals surface area contributed by atoms with Gasteiger partial charge >= 0.3 is 0 Å². The maximum Gasteiger partial charge on any atom is 0.255 e. The first-order valence-electron chi connectivity index (χ1n) is 7.54. The molecule has 3 heteroatoms. The van der Waals surface area contributed by atoms with Crippen LogP contribution in [0, 0.1) is 0 Å². The van der Waals surface area contributed by atoms with E-state index in [4.69, 9.17) is 0 Å². The Morgan fingerprint density at radius 3 is 2.50 bits per heavy atom. The van der Waals surface area contributed by atoms with E-state index < -0.39 is 0 Å². The highest BCUT2D eigenvalue weighted by Crippen LogP contribution is 2.34. The van der Waals surface area contributed by atoms with E-state index in [2.05, 4.69) is 5.32 Å². The van der Waals surface area contributed by atoms with Crippen molar-refractivity contribution in [2.75, 3.05) is 0 Å². The van der Waals surface area contributed by atoms with Crippen molar-refractivity contribution in [1.82, 2.24) is 5.32 Å². The van der Waals surface area contributed by atoms with Gasteiger partial charge in [0, 0.05) is 11.4 Å². The van der Waals surface area contributed by atoms with Crippen LogP contribution in [-0.2, 0) is 5.11 Å². The summed E-state index contributed by atoms with van der Waals surface area (Å²) in [5, 5.41) is 19.1. The predicted octanol–water partition coefficient (Wildman–Crippen LogP) is 4.67. The molecular weight excluding hydrogens is 274 g/mol. The summed E-state index contributed by atoms with van der Waals surface area (Å²) in [5.74, 6) is -0.501. The van der Waals surface area contributed by atoms with Gasteiger partial charge < -0.3 is 5.32 Å². The minimum atomic E-state index is -0.297. The molecule has 22 heavy (non-hydrogen) atoms. The average Bonchev–Trinajstić information content (AvgIpc) is 2.54. The van der Waals surface area contributed by atoms with Crippen molar-refractivity contribution >= 4 is 27.5 Å². The molecule has 1 atom stereocenters. The van der Waals surface area contributed by atoms with Crippen LogP contribution in [0.1, 0.15) is 30.6 Å². The summed E-state index contributed by atoms with van der Waals surface area (Å²) >= 11 is 0. The van der Waals surface area contributed by atoms with Gasteiger partial charge in [0.2, 0.25) is 0 Å². The van der Waals surface area contributed by atoms with E-state index in [0.29, 0.717) is 5.39 Å². The molecule has 1 amide bonds. The lowest BCUT2D eigenvalue weighted by atomic mass is 9.99. The Hall–Kier alpha value is -2.55. The molecule has 1 radical (unpaired) electrons. The molecule has 0 saturated carbocycles. The number of benzene rings is 3. The van der Waals surface area contributed by atoms with Gasteiger partial charge in [0.1, 0.15) is 0 Å². The van der Waals surface area contributed by atoms with E-state index >= 15 is 0 Å². The quantitative estimate of drug-likeness (QED) is 0.701. The third-order valence-electron chi connectivity index (χ3n) is 4.11. The molecular formula is C19H18NO2. The topological polar surface area (TPSA) is 49.0 Å². The largest absolute Gasteiger partial charge is 0.349 e. The van der Waals surface area contributed by atoms with Gasteiger partial charge in [-0.15, -0.1) is 0 Å². The molecule has 3 rings (SSSR count). The first-order chi connectivity index (χ1) is 10.6. The zero-order valence-electron chi connectivity index (χ0n) is 12.7. The van der Waals surface area contributed by atoms with E-state index in [1.54, 1.807) is 12.1 Å². The van der Waals surface area contributed by atoms with Gasteiger partial charge in [0.15, 0.2) is 5.75 Å². The molecule has 1 unspecified atom stereocenters. The summed E-state index contributed by atoms with van der Waals surface area (Å²) in [5.41, 5.74) is 0.211. The lowest BCUT2D eigenvalue weighted by Gasteiger charge is -2.13. The van der Waals surface area contributed by atoms with Gasteiger partial charge in [-0.25, -0.2) is 0 Å². The van der Waals surface area contributed by atoms with E-state index in [-0.39, 0.29) is 23.3 Å². The van der Waals surface area contributed by atoms with Crippen LogP contribution >= 0.6 is 0 Å². The van der Waals surface area contributed by atoms with Crippen LogP contribution in [0.2, 0.25) is 0 Å². The SMILES string of the molecule is CCC(C)NC(=O)c1ccc2c(ccc3ccccc32)c1[O]. The molecule has 0 aromatic heterocycles. The zero-order chi connectivity index (χ0) is 15.7. The van der Waals surface area contributed by atoms with Gasteiger partial charge in [-0.3, -0.25) is 9.90 Å². The number of carbonyl (C=O) groups is 1. The number of fused-ring (bicyclic) bond motifs is 3. The highest BCUT2D eigenvalue weighted by molar-refractivity contribution is 6.12. The third kappa shape index (κ3) is 2.39. The normalized spacial score (nSPS) is 12.5. The molecule has 0 fully saturated rings. The fourth-order valence-electron chi connectivity index (χ4n) is 2.64. The summed E-state index contributed by atoms with van der Waals surface area (Å²) in [6.07, 6.45) is 0.831. The van der Waals surface area contributed by atoms with E-state index in [9.17, 15) is 9.90 Å². The van der Waals surface area contributed by atoms with Crippen LogP contribution in [0.25, 0.3) is 21.5 Å². The monoisotopic (exact) mass is 292 g/mol. The van der Waals surface area contributed by atoms with Crippen molar-refractivity contribution in [1.29, 1.82) is 0 Å². The minimum Gasteiger partial charge on any atom is -0.349 e. The average molecular weight is 292 g/mol. The molecule has 0 aliphatic carbocycles. The first kappa shape index (κ1) is 14.4. The molecule has 0 spiro atoms. The summed E-state index contributed by atoms with van der Waals surface area (Å²) in [6, 6.07) is 15.2. The number of hydrogen-bond donors (Lipinski definition) is 1. The molecule has 3 aromatic carbocycles. The van der Waals surface area contributed by atoms with Gasteiger partial charge in [-0.1, -0.05) is 43.3 Å². The van der Waals surface area contributed by atoms with Crippen molar-refractivity contribution in [3.05, 3.63) is 54.1 Å². The van der Waals surface area contributed by atoms with Crippen LogP contribution in [0.4, 0.5) is 0 Å². The molecule has 0 bridgehead atoms. The predicted molar refractivity (Wildman–Crippen MR) is 88.8 cm³/mol. The molecule has 0 aliphatic heterocycles. The molecule has 0 heterocycles. The van der Waals surface area contributed by atoms with Crippen LogP contribution in [0.5, 0.6) is 5.75 Å². The Morgan fingerprint density at radius 1 is 1.00 bits per heavy atom. The second-order valence-electron chi connectivity index (χ2n) is 5.61. The molecule has 0 aliphatic rings. The van der Waals surface area contributed by atoms with E-state index in [1.807, 2.05) is 50.2 Å². The number of amides is 1. The van der Waals surface area contributed by atoms with Crippen LogP contribution in [0.3, 0.4) is 0 Å². The van der Waals surface area contributed by atoms with Gasteiger partial charge in [-0.05, 0) is 41.6 Å². The Kier molecular flexibility index (Phi) is 3.72. The Morgan fingerprint density at radius 2 is 1.73 bits per heavy atom. The lowest BCUT2D eigenvalue weighted by Crippen LogP contribution is -2.31. The van der Waals surface area contributed by atoms with Crippen molar-refractivity contribution < 1.29 is 9.90 Å². The van der Waals surface area contributed by atoms with Crippen LogP contribution in [-0.4, -0.2) is 11.9 Å². The van der Waals surface area contributed by atoms with Crippen molar-refractivity contribution in [2.45, 2.75) is 26.3 Å². The molecule has 3 aromatic rings. The maximum atomic E-state index is 12.6. The maximum absolute atomic E-state index is 12.6. The first-order valence-corrected chi connectivity index (χ1v) is 7.54. The van der Waals surface area contributed by atoms with Crippen molar-refractivity contribution in [3.63, 3.8) is 0 Å². The summed E-state index contributed by atoms with van der Waals surface area (Å²) in [4.78, 5) is 12.2. The Balaban J connectivity index is 2.14. The lowest BCUT2D eigenvalue weighted by molar-refractivity contribution is 0.0935. The Bertz CT molecular complexity index is 855. The highest BCUT2D eigenvalue weighted by Gasteiger charge is 2.17. The number of carbonyl (C=O) groups excluding carboxylic acids is 1. The zero-order valence-corrected chi connectivity index (χ0v) is 12.7. The number of rotatable bonds is 3. The van der Waals surface area contributed by atoms with E-state index in [1.165, 1.54) is 0 Å². The minimum absolute atomic E-state index is 0.0548. The molecule has 111 valence electrons. The third-order valence-corrected chi connectivity index (χ3v) is 4.11. The van der Waals surface area contributed by atoms with Gasteiger partial charge in [0.05, 0.1) is 5.56 Å². The fourth-order valence-corrected chi connectivity index (χ4v) is 2.64. The highest BCUT2D eigenvalue weighted by atomic mass is 16.3. The van der Waals surface area contributed by atoms with Gasteiger partial charge in [-0.2, -0.15) is 0 Å². The molecule has 0 saturated heterocycles.